The lowest BCUT2D eigenvalue weighted by atomic mass is 10.1. The van der Waals surface area contributed by atoms with E-state index in [4.69, 9.17) is 22.7 Å². The zero-order chi connectivity index (χ0) is 14.0. The number of benzene rings is 1. The van der Waals surface area contributed by atoms with Gasteiger partial charge in [0.2, 0.25) is 0 Å². The smallest absolute Gasteiger partial charge is 0.257 e. The first-order valence-electron chi connectivity index (χ1n) is 5.64. The number of hydrogen-bond acceptors (Lipinski definition) is 3. The quantitative estimate of drug-likeness (QED) is 0.828. The zero-order valence-corrected chi connectivity index (χ0v) is 12.3. The molecule has 1 atom stereocenters. The molecule has 1 aliphatic heterocycles. The lowest BCUT2D eigenvalue weighted by molar-refractivity contribution is 0.00856. The third-order valence-corrected chi connectivity index (χ3v) is 3.59. The summed E-state index contributed by atoms with van der Waals surface area (Å²) in [5.74, 6) is -0.935. The SMILES string of the molecule is NC(=S)C1CN(C(=O)c2cc(Br)ccc2F)CCO1. The van der Waals surface area contributed by atoms with Crippen LogP contribution in [0.3, 0.4) is 0 Å². The van der Waals surface area contributed by atoms with E-state index in [-0.39, 0.29) is 23.0 Å². The molecule has 0 aromatic heterocycles. The molecule has 102 valence electrons. The highest BCUT2D eigenvalue weighted by Crippen LogP contribution is 2.18. The number of ether oxygens (including phenoxy) is 1. The maximum absolute atomic E-state index is 13.7. The molecule has 1 unspecified atom stereocenters. The largest absolute Gasteiger partial charge is 0.391 e. The Balaban J connectivity index is 2.19. The van der Waals surface area contributed by atoms with Gasteiger partial charge in [-0.1, -0.05) is 28.1 Å². The summed E-state index contributed by atoms with van der Waals surface area (Å²) in [6, 6.07) is 4.26. The Morgan fingerprint density at radius 2 is 2.32 bits per heavy atom. The summed E-state index contributed by atoms with van der Waals surface area (Å²) in [6.07, 6.45) is -0.470. The van der Waals surface area contributed by atoms with Gasteiger partial charge in [-0.05, 0) is 18.2 Å². The minimum absolute atomic E-state index is 0.0259. The van der Waals surface area contributed by atoms with Crippen LogP contribution in [0.2, 0.25) is 0 Å². The molecule has 1 aliphatic rings. The van der Waals surface area contributed by atoms with Crippen molar-refractivity contribution >= 4 is 39.0 Å². The number of morpholine rings is 1. The van der Waals surface area contributed by atoms with E-state index in [2.05, 4.69) is 15.9 Å². The van der Waals surface area contributed by atoms with E-state index < -0.39 is 11.9 Å². The molecule has 19 heavy (non-hydrogen) atoms. The van der Waals surface area contributed by atoms with Crippen LogP contribution < -0.4 is 5.73 Å². The van der Waals surface area contributed by atoms with E-state index >= 15 is 0 Å². The highest BCUT2D eigenvalue weighted by atomic mass is 79.9. The predicted molar refractivity (Wildman–Crippen MR) is 76.5 cm³/mol. The van der Waals surface area contributed by atoms with E-state index in [0.29, 0.717) is 17.6 Å². The third kappa shape index (κ3) is 3.29. The second-order valence-corrected chi connectivity index (χ2v) is 5.52. The zero-order valence-electron chi connectivity index (χ0n) is 9.94. The van der Waals surface area contributed by atoms with Crippen molar-refractivity contribution in [1.29, 1.82) is 0 Å². The molecule has 0 aliphatic carbocycles. The minimum atomic E-state index is -0.549. The molecule has 1 aromatic carbocycles. The molecule has 0 saturated carbocycles. The Morgan fingerprint density at radius 1 is 1.58 bits per heavy atom. The molecule has 1 saturated heterocycles. The molecular formula is C12H12BrFN2O2S. The van der Waals surface area contributed by atoms with Crippen molar-refractivity contribution in [2.45, 2.75) is 6.10 Å². The number of nitrogens with zero attached hydrogens (tertiary/aromatic N) is 1. The maximum Gasteiger partial charge on any atom is 0.257 e. The summed E-state index contributed by atoms with van der Waals surface area (Å²) < 4.78 is 19.7. The Labute approximate surface area is 123 Å². The number of thiocarbonyl (C=S) groups is 1. The second kappa shape index (κ2) is 5.94. The van der Waals surface area contributed by atoms with Gasteiger partial charge in [-0.3, -0.25) is 4.79 Å². The molecule has 0 bridgehead atoms. The normalized spacial score (nSPS) is 19.3. The van der Waals surface area contributed by atoms with Crippen molar-refractivity contribution in [3.8, 4) is 0 Å². The summed E-state index contributed by atoms with van der Waals surface area (Å²) in [7, 11) is 0. The molecule has 0 radical (unpaired) electrons. The summed E-state index contributed by atoms with van der Waals surface area (Å²) in [4.78, 5) is 14.0. The van der Waals surface area contributed by atoms with Crippen LogP contribution in [0.5, 0.6) is 0 Å². The average Bonchev–Trinajstić information content (AvgIpc) is 2.41. The van der Waals surface area contributed by atoms with Gasteiger partial charge in [-0.25, -0.2) is 4.39 Å². The van der Waals surface area contributed by atoms with Gasteiger partial charge in [0.1, 0.15) is 16.9 Å². The number of rotatable bonds is 2. The van der Waals surface area contributed by atoms with Crippen LogP contribution in [-0.2, 0) is 4.74 Å². The minimum Gasteiger partial charge on any atom is -0.391 e. The van der Waals surface area contributed by atoms with Crippen LogP contribution >= 0.6 is 28.1 Å². The number of amides is 1. The van der Waals surface area contributed by atoms with Gasteiger partial charge in [0, 0.05) is 11.0 Å². The summed E-state index contributed by atoms with van der Waals surface area (Å²) in [6.45, 7) is 0.980. The lowest BCUT2D eigenvalue weighted by Crippen LogP contribution is -2.50. The fraction of sp³-hybridized carbons (Fsp3) is 0.333. The molecule has 4 nitrogen and oxygen atoms in total. The summed E-state index contributed by atoms with van der Waals surface area (Å²) >= 11 is 8.07. The van der Waals surface area contributed by atoms with Gasteiger partial charge < -0.3 is 15.4 Å². The standard InChI is InChI=1S/C12H12BrFN2O2S/c13-7-1-2-9(14)8(5-7)12(17)16-3-4-18-10(6-16)11(15)19/h1-2,5,10H,3-4,6H2,(H2,15,19). The van der Waals surface area contributed by atoms with E-state index in [1.807, 2.05) is 0 Å². The van der Waals surface area contributed by atoms with Crippen molar-refractivity contribution in [2.75, 3.05) is 19.7 Å². The van der Waals surface area contributed by atoms with Crippen molar-refractivity contribution in [3.63, 3.8) is 0 Å². The van der Waals surface area contributed by atoms with Crippen LogP contribution in [0.4, 0.5) is 4.39 Å². The Hall–Kier alpha value is -1.05. The molecule has 1 amide bonds. The summed E-state index contributed by atoms with van der Waals surface area (Å²) in [5, 5.41) is 0. The van der Waals surface area contributed by atoms with E-state index in [9.17, 15) is 9.18 Å². The fourth-order valence-corrected chi connectivity index (χ4v) is 2.34. The lowest BCUT2D eigenvalue weighted by Gasteiger charge is -2.32. The second-order valence-electron chi connectivity index (χ2n) is 4.14. The molecule has 1 fully saturated rings. The predicted octanol–water partition coefficient (Wildman–Crippen LogP) is 1.72. The molecule has 2 rings (SSSR count). The molecule has 7 heteroatoms. The number of hydrogen-bond donors (Lipinski definition) is 1. The number of carbonyl (C=O) groups is 1. The van der Waals surface area contributed by atoms with E-state index in [1.54, 1.807) is 6.07 Å². The highest BCUT2D eigenvalue weighted by molar-refractivity contribution is 9.10. The van der Waals surface area contributed by atoms with Crippen LogP contribution in [0.25, 0.3) is 0 Å². The molecule has 1 heterocycles. The van der Waals surface area contributed by atoms with Crippen LogP contribution in [-0.4, -0.2) is 41.6 Å². The molecule has 0 spiro atoms. The Bertz CT molecular complexity index is 526. The monoisotopic (exact) mass is 346 g/mol. The summed E-state index contributed by atoms with van der Waals surface area (Å²) in [5.41, 5.74) is 5.54. The first kappa shape index (κ1) is 14.4. The van der Waals surface area contributed by atoms with Crippen LogP contribution in [0, 0.1) is 5.82 Å². The first-order valence-corrected chi connectivity index (χ1v) is 6.84. The van der Waals surface area contributed by atoms with Gasteiger partial charge >= 0.3 is 0 Å². The molecule has 1 aromatic rings. The van der Waals surface area contributed by atoms with Gasteiger partial charge in [-0.15, -0.1) is 0 Å². The number of carbonyl (C=O) groups excluding carboxylic acids is 1. The van der Waals surface area contributed by atoms with Crippen molar-refractivity contribution in [1.82, 2.24) is 4.90 Å². The fourth-order valence-electron chi connectivity index (χ4n) is 1.84. The van der Waals surface area contributed by atoms with Crippen LogP contribution in [0.1, 0.15) is 10.4 Å². The number of nitrogens with two attached hydrogens (primary N) is 1. The van der Waals surface area contributed by atoms with Gasteiger partial charge in [0.15, 0.2) is 0 Å². The van der Waals surface area contributed by atoms with Gasteiger partial charge in [0.05, 0.1) is 18.7 Å². The topological polar surface area (TPSA) is 55.6 Å². The average molecular weight is 347 g/mol. The Kier molecular flexibility index (Phi) is 4.49. The highest BCUT2D eigenvalue weighted by Gasteiger charge is 2.27. The first-order chi connectivity index (χ1) is 8.99. The molecule has 2 N–H and O–H groups in total. The van der Waals surface area contributed by atoms with E-state index in [1.165, 1.54) is 17.0 Å². The van der Waals surface area contributed by atoms with Gasteiger partial charge in [-0.2, -0.15) is 0 Å². The number of halogens is 2. The van der Waals surface area contributed by atoms with Crippen LogP contribution in [0.15, 0.2) is 22.7 Å². The van der Waals surface area contributed by atoms with Crippen molar-refractivity contribution in [3.05, 3.63) is 34.1 Å². The van der Waals surface area contributed by atoms with E-state index in [0.717, 1.165) is 0 Å². The van der Waals surface area contributed by atoms with Crippen molar-refractivity contribution < 1.29 is 13.9 Å². The maximum atomic E-state index is 13.7. The van der Waals surface area contributed by atoms with Crippen molar-refractivity contribution in [2.24, 2.45) is 5.73 Å². The Morgan fingerprint density at radius 3 is 3.00 bits per heavy atom. The molecular weight excluding hydrogens is 335 g/mol. The van der Waals surface area contributed by atoms with Gasteiger partial charge in [0.25, 0.3) is 5.91 Å². The third-order valence-electron chi connectivity index (χ3n) is 2.83.